The lowest BCUT2D eigenvalue weighted by molar-refractivity contribution is -0.140. The predicted molar refractivity (Wildman–Crippen MR) is 92.0 cm³/mol. The fourth-order valence-corrected chi connectivity index (χ4v) is 4.75. The van der Waals surface area contributed by atoms with Gasteiger partial charge in [-0.25, -0.2) is 0 Å². The Morgan fingerprint density at radius 3 is 2.24 bits per heavy atom. The van der Waals surface area contributed by atoms with Crippen LogP contribution in [0.5, 0.6) is 11.5 Å². The molecule has 25 heavy (non-hydrogen) atoms. The van der Waals surface area contributed by atoms with E-state index in [9.17, 15) is 9.59 Å². The zero-order valence-corrected chi connectivity index (χ0v) is 14.8. The summed E-state index contributed by atoms with van der Waals surface area (Å²) in [7, 11) is 0. The quantitative estimate of drug-likeness (QED) is 0.433. The summed E-state index contributed by atoms with van der Waals surface area (Å²) in [5.41, 5.74) is 0.723. The lowest BCUT2D eigenvalue weighted by Gasteiger charge is -2.37. The van der Waals surface area contributed by atoms with Gasteiger partial charge in [-0.1, -0.05) is 12.2 Å². The van der Waals surface area contributed by atoms with E-state index in [0.29, 0.717) is 11.5 Å². The fourth-order valence-electron chi connectivity index (χ4n) is 4.32. The minimum absolute atomic E-state index is 0.170. The molecule has 0 unspecified atom stereocenters. The number of amides is 2. The fraction of sp³-hybridized carbons (Fsp3) is 0.389. The van der Waals surface area contributed by atoms with Crippen LogP contribution in [0.15, 0.2) is 33.9 Å². The van der Waals surface area contributed by atoms with Crippen LogP contribution in [-0.4, -0.2) is 29.8 Å². The van der Waals surface area contributed by atoms with E-state index in [4.69, 9.17) is 9.47 Å². The first-order chi connectivity index (χ1) is 12.1. The second kappa shape index (κ2) is 5.42. The molecule has 5 aliphatic rings. The molecule has 1 saturated carbocycles. The summed E-state index contributed by atoms with van der Waals surface area (Å²) in [6.45, 7) is 0.185. The van der Waals surface area contributed by atoms with Crippen molar-refractivity contribution in [2.24, 2.45) is 28.8 Å². The molecule has 0 radical (unpaired) electrons. The van der Waals surface area contributed by atoms with E-state index in [2.05, 4.69) is 33.2 Å². The molecule has 3 aliphatic carbocycles. The van der Waals surface area contributed by atoms with Crippen LogP contribution in [0.1, 0.15) is 18.4 Å². The van der Waals surface area contributed by atoms with E-state index >= 15 is 0 Å². The van der Waals surface area contributed by atoms with E-state index in [1.54, 1.807) is 12.1 Å². The minimum Gasteiger partial charge on any atom is -0.454 e. The summed E-state index contributed by atoms with van der Waals surface area (Å²) in [5, 5.41) is 5.28. The molecule has 1 saturated heterocycles. The van der Waals surface area contributed by atoms with Gasteiger partial charge in [-0.2, -0.15) is 10.1 Å². The van der Waals surface area contributed by atoms with Gasteiger partial charge in [0.25, 0.3) is 11.8 Å². The standard InChI is InChI=1S/C18H15BrN2O4/c19-12-6-14-13(24-8-25-14)5-11(12)7-20-21-17(22)15-9-1-2-10(4-3-9)16(15)18(21)23/h1-2,5-7,9-10,15-16H,3-4,8H2/b20-7-/t9-,10-,15+,16+/m1/s1. The van der Waals surface area contributed by atoms with Crippen LogP contribution in [0, 0.1) is 23.7 Å². The normalized spacial score (nSPS) is 32.1. The van der Waals surface area contributed by atoms with Crippen LogP contribution >= 0.6 is 15.9 Å². The smallest absolute Gasteiger partial charge is 0.254 e. The molecule has 1 aromatic carbocycles. The van der Waals surface area contributed by atoms with Gasteiger partial charge >= 0.3 is 0 Å². The molecule has 6 rings (SSSR count). The summed E-state index contributed by atoms with van der Waals surface area (Å²) in [5.74, 6) is 0.782. The first-order valence-corrected chi connectivity index (χ1v) is 9.12. The number of hydrazone groups is 1. The number of imide groups is 1. The van der Waals surface area contributed by atoms with E-state index in [0.717, 1.165) is 27.9 Å². The molecule has 2 aliphatic heterocycles. The van der Waals surface area contributed by atoms with Gasteiger partial charge in [0, 0.05) is 10.0 Å². The van der Waals surface area contributed by atoms with Crippen molar-refractivity contribution < 1.29 is 19.1 Å². The van der Waals surface area contributed by atoms with Crippen molar-refractivity contribution in [3.63, 3.8) is 0 Å². The van der Waals surface area contributed by atoms with Crippen LogP contribution in [0.25, 0.3) is 0 Å². The Morgan fingerprint density at radius 1 is 1.04 bits per heavy atom. The average molecular weight is 403 g/mol. The topological polar surface area (TPSA) is 68.2 Å². The molecule has 4 atom stereocenters. The highest BCUT2D eigenvalue weighted by molar-refractivity contribution is 9.10. The zero-order chi connectivity index (χ0) is 17.1. The maximum atomic E-state index is 12.7. The number of carbonyl (C=O) groups excluding carboxylic acids is 2. The predicted octanol–water partition coefficient (Wildman–Crippen LogP) is 2.71. The van der Waals surface area contributed by atoms with Crippen LogP contribution in [0.3, 0.4) is 0 Å². The van der Waals surface area contributed by atoms with Gasteiger partial charge < -0.3 is 9.47 Å². The van der Waals surface area contributed by atoms with E-state index in [1.165, 1.54) is 6.21 Å². The lowest BCUT2D eigenvalue weighted by atomic mass is 9.63. The van der Waals surface area contributed by atoms with E-state index in [1.807, 2.05) is 0 Å². The number of halogens is 1. The monoisotopic (exact) mass is 402 g/mol. The number of hydrogen-bond acceptors (Lipinski definition) is 5. The minimum atomic E-state index is -0.242. The van der Waals surface area contributed by atoms with Crippen LogP contribution in [-0.2, 0) is 9.59 Å². The summed E-state index contributed by atoms with van der Waals surface area (Å²) in [4.78, 5) is 25.5. The number of benzene rings is 1. The van der Waals surface area contributed by atoms with Crippen molar-refractivity contribution in [2.45, 2.75) is 12.8 Å². The molecule has 0 N–H and O–H groups in total. The molecule has 1 aromatic rings. The summed E-state index contributed by atoms with van der Waals surface area (Å²) >= 11 is 3.45. The van der Waals surface area contributed by atoms with E-state index in [-0.39, 0.29) is 42.3 Å². The number of fused-ring (bicyclic) bond motifs is 2. The Bertz CT molecular complexity index is 818. The van der Waals surface area contributed by atoms with Crippen molar-refractivity contribution in [3.8, 4) is 11.5 Å². The highest BCUT2D eigenvalue weighted by Crippen LogP contribution is 2.49. The number of rotatable bonds is 2. The van der Waals surface area contributed by atoms with Crippen molar-refractivity contribution in [3.05, 3.63) is 34.3 Å². The Labute approximate surface area is 152 Å². The second-order valence-electron chi connectivity index (χ2n) is 6.80. The van der Waals surface area contributed by atoms with Gasteiger partial charge in [0.05, 0.1) is 18.1 Å². The molecular formula is C18H15BrN2O4. The van der Waals surface area contributed by atoms with Gasteiger partial charge in [0.2, 0.25) is 6.79 Å². The molecule has 0 aromatic heterocycles. The Morgan fingerprint density at radius 2 is 1.64 bits per heavy atom. The maximum absolute atomic E-state index is 12.7. The molecule has 6 nitrogen and oxygen atoms in total. The SMILES string of the molecule is O=C1[C@@H]2[C@@H](C(=O)N1/N=C\c1cc3c(cc1Br)OCO3)[C@@H]1C=C[C@@H]2CC1. The molecule has 2 heterocycles. The molecule has 2 fully saturated rings. The third-order valence-electron chi connectivity index (χ3n) is 5.54. The highest BCUT2D eigenvalue weighted by Gasteiger charge is 2.56. The first kappa shape index (κ1) is 15.1. The first-order valence-electron chi connectivity index (χ1n) is 8.33. The van der Waals surface area contributed by atoms with Crippen LogP contribution < -0.4 is 9.47 Å². The Balaban J connectivity index is 1.44. The highest BCUT2D eigenvalue weighted by atomic mass is 79.9. The Hall–Kier alpha value is -2.15. The number of ether oxygens (including phenoxy) is 2. The second-order valence-corrected chi connectivity index (χ2v) is 7.66. The summed E-state index contributed by atoms with van der Waals surface area (Å²) in [6.07, 6.45) is 7.68. The summed E-state index contributed by atoms with van der Waals surface area (Å²) in [6, 6.07) is 3.57. The Kier molecular flexibility index (Phi) is 3.28. The van der Waals surface area contributed by atoms with Gasteiger partial charge in [0.1, 0.15) is 0 Å². The number of allylic oxidation sites excluding steroid dienone is 2. The molecular weight excluding hydrogens is 388 g/mol. The molecule has 2 amide bonds. The largest absolute Gasteiger partial charge is 0.454 e. The van der Waals surface area contributed by atoms with E-state index < -0.39 is 0 Å². The van der Waals surface area contributed by atoms with Crippen molar-refractivity contribution in [1.82, 2.24) is 5.01 Å². The molecule has 7 heteroatoms. The molecule has 128 valence electrons. The van der Waals surface area contributed by atoms with Crippen LogP contribution in [0.2, 0.25) is 0 Å². The zero-order valence-electron chi connectivity index (χ0n) is 13.2. The van der Waals surface area contributed by atoms with Gasteiger partial charge in [-0.05, 0) is 52.7 Å². The van der Waals surface area contributed by atoms with Crippen molar-refractivity contribution in [1.29, 1.82) is 0 Å². The third-order valence-corrected chi connectivity index (χ3v) is 6.23. The molecule has 0 spiro atoms. The lowest BCUT2D eigenvalue weighted by Crippen LogP contribution is -2.38. The molecule has 2 bridgehead atoms. The maximum Gasteiger partial charge on any atom is 0.254 e. The summed E-state index contributed by atoms with van der Waals surface area (Å²) < 4.78 is 11.4. The van der Waals surface area contributed by atoms with Crippen molar-refractivity contribution >= 4 is 34.0 Å². The van der Waals surface area contributed by atoms with Crippen molar-refractivity contribution in [2.75, 3.05) is 6.79 Å². The third kappa shape index (κ3) is 2.18. The number of hydrogen-bond donors (Lipinski definition) is 0. The van der Waals surface area contributed by atoms with Gasteiger partial charge in [-0.15, -0.1) is 0 Å². The van der Waals surface area contributed by atoms with Crippen LogP contribution in [0.4, 0.5) is 0 Å². The number of nitrogens with zero attached hydrogens (tertiary/aromatic N) is 2. The number of carbonyl (C=O) groups is 2. The van der Waals surface area contributed by atoms with Gasteiger partial charge in [0.15, 0.2) is 11.5 Å². The van der Waals surface area contributed by atoms with Gasteiger partial charge in [-0.3, -0.25) is 9.59 Å². The average Bonchev–Trinajstić information content (AvgIpc) is 3.18.